The van der Waals surface area contributed by atoms with Crippen molar-refractivity contribution >= 4 is 28.9 Å². The Kier molecular flexibility index (Phi) is 6.42. The van der Waals surface area contributed by atoms with Crippen LogP contribution in [-0.2, 0) is 6.42 Å². The predicted octanol–water partition coefficient (Wildman–Crippen LogP) is 3.88. The Labute approximate surface area is 147 Å². The molecule has 1 aromatic heterocycles. The van der Waals surface area contributed by atoms with Gasteiger partial charge in [-0.3, -0.25) is 4.99 Å². The number of hydrogen-bond donors (Lipinski definition) is 2. The van der Waals surface area contributed by atoms with Crippen LogP contribution in [0.2, 0.25) is 5.02 Å². The molecule has 0 fully saturated rings. The summed E-state index contributed by atoms with van der Waals surface area (Å²) in [7, 11) is 1.78. The standard InChI is InChI=1S/C17H23ClN4S/c1-11(14-6-5-7-15(18)10-14)22-17(19-4)20-9-8-16-12(2)21-13(3)23-16/h5-7,10-11H,8-9H2,1-4H3,(H2,19,20,22). The first-order valence-corrected chi connectivity index (χ1v) is 8.84. The van der Waals surface area contributed by atoms with Gasteiger partial charge in [-0.2, -0.15) is 0 Å². The number of nitrogens with one attached hydrogen (secondary N) is 2. The molecule has 0 saturated heterocycles. The zero-order valence-electron chi connectivity index (χ0n) is 14.0. The number of guanidine groups is 1. The number of halogens is 1. The molecule has 0 bridgehead atoms. The van der Waals surface area contributed by atoms with Crippen LogP contribution in [0.25, 0.3) is 0 Å². The molecule has 0 aliphatic rings. The van der Waals surface area contributed by atoms with Crippen molar-refractivity contribution < 1.29 is 0 Å². The van der Waals surface area contributed by atoms with E-state index in [1.54, 1.807) is 18.4 Å². The summed E-state index contributed by atoms with van der Waals surface area (Å²) >= 11 is 7.81. The largest absolute Gasteiger partial charge is 0.356 e. The molecule has 1 aromatic carbocycles. The molecule has 2 aromatic rings. The maximum atomic E-state index is 6.05. The van der Waals surface area contributed by atoms with E-state index in [-0.39, 0.29) is 6.04 Å². The van der Waals surface area contributed by atoms with Crippen LogP contribution in [0.5, 0.6) is 0 Å². The monoisotopic (exact) mass is 350 g/mol. The fourth-order valence-corrected chi connectivity index (χ4v) is 3.49. The van der Waals surface area contributed by atoms with Crippen molar-refractivity contribution in [2.45, 2.75) is 33.2 Å². The van der Waals surface area contributed by atoms with Gasteiger partial charge in [0.1, 0.15) is 0 Å². The molecule has 0 aliphatic carbocycles. The smallest absolute Gasteiger partial charge is 0.191 e. The third kappa shape index (κ3) is 5.22. The molecule has 2 rings (SSSR count). The molecule has 0 saturated carbocycles. The van der Waals surface area contributed by atoms with Crippen LogP contribution in [0.1, 0.15) is 34.1 Å². The van der Waals surface area contributed by atoms with Gasteiger partial charge in [-0.15, -0.1) is 11.3 Å². The quantitative estimate of drug-likeness (QED) is 0.635. The molecule has 6 heteroatoms. The van der Waals surface area contributed by atoms with Gasteiger partial charge in [0.2, 0.25) is 0 Å². The lowest BCUT2D eigenvalue weighted by Gasteiger charge is -2.18. The Hall–Kier alpha value is -1.59. The van der Waals surface area contributed by atoms with Crippen LogP contribution in [0.3, 0.4) is 0 Å². The number of hydrogen-bond acceptors (Lipinski definition) is 3. The van der Waals surface area contributed by atoms with E-state index in [0.29, 0.717) is 0 Å². The Bertz CT molecular complexity index is 681. The Morgan fingerprint density at radius 3 is 2.78 bits per heavy atom. The lowest BCUT2D eigenvalue weighted by molar-refractivity contribution is 0.685. The van der Waals surface area contributed by atoms with E-state index in [0.717, 1.165) is 40.2 Å². The Balaban J connectivity index is 1.87. The normalized spacial score (nSPS) is 13.0. The molecule has 0 aliphatic heterocycles. The second-order valence-electron chi connectivity index (χ2n) is 5.41. The van der Waals surface area contributed by atoms with E-state index in [9.17, 15) is 0 Å². The van der Waals surface area contributed by atoms with Crippen molar-refractivity contribution in [3.8, 4) is 0 Å². The van der Waals surface area contributed by atoms with Gasteiger partial charge >= 0.3 is 0 Å². The van der Waals surface area contributed by atoms with Crippen LogP contribution >= 0.6 is 22.9 Å². The van der Waals surface area contributed by atoms with Gasteiger partial charge in [0, 0.05) is 29.9 Å². The van der Waals surface area contributed by atoms with Crippen molar-refractivity contribution in [3.05, 3.63) is 50.4 Å². The van der Waals surface area contributed by atoms with Crippen LogP contribution < -0.4 is 10.6 Å². The molecule has 2 N–H and O–H groups in total. The van der Waals surface area contributed by atoms with Gasteiger partial charge in [0.05, 0.1) is 16.7 Å². The minimum Gasteiger partial charge on any atom is -0.356 e. The summed E-state index contributed by atoms with van der Waals surface area (Å²) in [5, 5.41) is 8.60. The molecule has 0 radical (unpaired) electrons. The van der Waals surface area contributed by atoms with E-state index in [2.05, 4.69) is 40.5 Å². The molecular formula is C17H23ClN4S. The SMILES string of the molecule is CN=C(NCCc1sc(C)nc1C)NC(C)c1cccc(Cl)c1. The summed E-state index contributed by atoms with van der Waals surface area (Å²) in [6, 6.07) is 7.99. The molecule has 23 heavy (non-hydrogen) atoms. The summed E-state index contributed by atoms with van der Waals surface area (Å²) in [5.41, 5.74) is 2.26. The lowest BCUT2D eigenvalue weighted by Crippen LogP contribution is -2.39. The number of aryl methyl sites for hydroxylation is 2. The third-order valence-corrected chi connectivity index (χ3v) is 4.94. The summed E-state index contributed by atoms with van der Waals surface area (Å²) < 4.78 is 0. The van der Waals surface area contributed by atoms with E-state index in [4.69, 9.17) is 11.6 Å². The van der Waals surface area contributed by atoms with Crippen molar-refractivity contribution in [2.75, 3.05) is 13.6 Å². The van der Waals surface area contributed by atoms with Crippen molar-refractivity contribution in [3.63, 3.8) is 0 Å². The second-order valence-corrected chi connectivity index (χ2v) is 7.14. The van der Waals surface area contributed by atoms with Gasteiger partial charge in [-0.25, -0.2) is 4.98 Å². The molecule has 0 amide bonds. The molecular weight excluding hydrogens is 328 g/mol. The van der Waals surface area contributed by atoms with E-state index < -0.39 is 0 Å². The third-order valence-electron chi connectivity index (χ3n) is 3.57. The van der Waals surface area contributed by atoms with Gasteiger partial charge in [-0.05, 0) is 38.5 Å². The van der Waals surface area contributed by atoms with E-state index in [1.165, 1.54) is 4.88 Å². The number of rotatable bonds is 5. The summed E-state index contributed by atoms with van der Waals surface area (Å²) in [6.07, 6.45) is 0.948. The highest BCUT2D eigenvalue weighted by Gasteiger charge is 2.09. The molecule has 1 heterocycles. The number of aliphatic imine (C=N–C) groups is 1. The number of aromatic nitrogens is 1. The fraction of sp³-hybridized carbons (Fsp3) is 0.412. The second kappa shape index (κ2) is 8.31. The fourth-order valence-electron chi connectivity index (χ4n) is 2.36. The highest BCUT2D eigenvalue weighted by molar-refractivity contribution is 7.11. The van der Waals surface area contributed by atoms with Gasteiger partial charge in [-0.1, -0.05) is 23.7 Å². The average Bonchev–Trinajstić information content (AvgIpc) is 2.84. The molecule has 1 unspecified atom stereocenters. The number of benzene rings is 1. The summed E-state index contributed by atoms with van der Waals surface area (Å²) in [5.74, 6) is 0.788. The van der Waals surface area contributed by atoms with E-state index >= 15 is 0 Å². The minimum absolute atomic E-state index is 0.132. The molecule has 0 spiro atoms. The van der Waals surface area contributed by atoms with Crippen LogP contribution in [0, 0.1) is 13.8 Å². The first-order valence-electron chi connectivity index (χ1n) is 7.65. The maximum absolute atomic E-state index is 6.05. The van der Waals surface area contributed by atoms with Crippen molar-refractivity contribution in [2.24, 2.45) is 4.99 Å². The van der Waals surface area contributed by atoms with Gasteiger partial charge in [0.25, 0.3) is 0 Å². The van der Waals surface area contributed by atoms with Crippen LogP contribution in [0.15, 0.2) is 29.3 Å². The highest BCUT2D eigenvalue weighted by atomic mass is 35.5. The molecule has 1 atom stereocenters. The van der Waals surface area contributed by atoms with Gasteiger partial charge in [0.15, 0.2) is 5.96 Å². The van der Waals surface area contributed by atoms with Gasteiger partial charge < -0.3 is 10.6 Å². The lowest BCUT2D eigenvalue weighted by atomic mass is 10.1. The summed E-state index contributed by atoms with van der Waals surface area (Å²) in [4.78, 5) is 10.1. The van der Waals surface area contributed by atoms with Crippen molar-refractivity contribution in [1.29, 1.82) is 0 Å². The topological polar surface area (TPSA) is 49.3 Å². The molecule has 4 nitrogen and oxygen atoms in total. The first kappa shape index (κ1) is 17.8. The Morgan fingerprint density at radius 2 is 2.17 bits per heavy atom. The summed E-state index contributed by atoms with van der Waals surface area (Å²) in [6.45, 7) is 7.02. The van der Waals surface area contributed by atoms with Crippen molar-refractivity contribution in [1.82, 2.24) is 15.6 Å². The number of thiazole rings is 1. The van der Waals surface area contributed by atoms with E-state index in [1.807, 2.05) is 25.1 Å². The maximum Gasteiger partial charge on any atom is 0.191 e. The molecule has 124 valence electrons. The Morgan fingerprint density at radius 1 is 1.39 bits per heavy atom. The van der Waals surface area contributed by atoms with Crippen LogP contribution in [-0.4, -0.2) is 24.5 Å². The zero-order valence-corrected chi connectivity index (χ0v) is 15.6. The minimum atomic E-state index is 0.132. The highest BCUT2D eigenvalue weighted by Crippen LogP contribution is 2.18. The van der Waals surface area contributed by atoms with Crippen LogP contribution in [0.4, 0.5) is 0 Å². The predicted molar refractivity (Wildman–Crippen MR) is 99.7 cm³/mol. The number of nitrogens with zero attached hydrogens (tertiary/aromatic N) is 2. The average molecular weight is 351 g/mol. The first-order chi connectivity index (χ1) is 11.0. The zero-order chi connectivity index (χ0) is 16.8.